The summed E-state index contributed by atoms with van der Waals surface area (Å²) in [5, 5.41) is 0. The van der Waals surface area contributed by atoms with Crippen LogP contribution in [0.3, 0.4) is 0 Å². The highest BCUT2D eigenvalue weighted by Gasteiger charge is 2.20. The van der Waals surface area contributed by atoms with E-state index in [1.807, 2.05) is 0 Å². The number of ether oxygens (including phenoxy) is 2. The van der Waals surface area contributed by atoms with Crippen LogP contribution in [-0.2, 0) is 0 Å². The molecule has 0 aliphatic heterocycles. The molecule has 2 nitrogen and oxygen atoms in total. The molecule has 0 amide bonds. The van der Waals surface area contributed by atoms with Gasteiger partial charge in [-0.2, -0.15) is 26.3 Å². The van der Waals surface area contributed by atoms with Crippen molar-refractivity contribution in [3.63, 3.8) is 0 Å². The summed E-state index contributed by atoms with van der Waals surface area (Å²) < 4.78 is 83.8. The Hall–Kier alpha value is -2.90. The molecule has 0 atom stereocenters. The van der Waals surface area contributed by atoms with Crippen molar-refractivity contribution in [2.75, 3.05) is 0 Å². The highest BCUT2D eigenvalue weighted by Crippen LogP contribution is 2.41. The Kier molecular flexibility index (Phi) is 5.51. The maximum Gasteiger partial charge on any atom is 0.344 e. The van der Waals surface area contributed by atoms with Gasteiger partial charge in [0.2, 0.25) is 0 Å². The Bertz CT molecular complexity index is 778. The lowest BCUT2D eigenvalue weighted by molar-refractivity contribution is 0.214. The number of hydrogen-bond acceptors (Lipinski definition) is 2. The lowest BCUT2D eigenvalue weighted by Crippen LogP contribution is -1.99. The quantitative estimate of drug-likeness (QED) is 0.475. The molecule has 0 unspecified atom stereocenters. The van der Waals surface area contributed by atoms with Gasteiger partial charge in [-0.1, -0.05) is 42.5 Å². The molecule has 0 N–H and O–H groups in total. The minimum atomic E-state index is -2.77. The lowest BCUT2D eigenvalue weighted by atomic mass is 10.0. The summed E-state index contributed by atoms with van der Waals surface area (Å²) in [6.07, 6.45) is -5.53. The lowest BCUT2D eigenvalue weighted by Gasteiger charge is -2.14. The molecule has 0 aliphatic carbocycles. The van der Waals surface area contributed by atoms with Crippen LogP contribution in [0.4, 0.5) is 26.3 Å². The van der Waals surface area contributed by atoms with Gasteiger partial charge in [0.1, 0.15) is 0 Å². The van der Waals surface area contributed by atoms with Crippen molar-refractivity contribution in [1.82, 2.24) is 0 Å². The SMILES string of the molecule is FC(F)=C(F)Oc1cccc(-c2ccccc2)c1OC(F)=C(F)F. The van der Waals surface area contributed by atoms with Crippen LogP contribution < -0.4 is 9.47 Å². The van der Waals surface area contributed by atoms with Gasteiger partial charge in [0.25, 0.3) is 0 Å². The summed E-state index contributed by atoms with van der Waals surface area (Å²) in [7, 11) is 0. The molecular weight excluding hydrogens is 338 g/mol. The van der Waals surface area contributed by atoms with Crippen LogP contribution in [-0.4, -0.2) is 0 Å². The molecule has 126 valence electrons. The van der Waals surface area contributed by atoms with Crippen LogP contribution in [0.25, 0.3) is 11.1 Å². The molecule has 24 heavy (non-hydrogen) atoms. The average Bonchev–Trinajstić information content (AvgIpc) is 2.56. The Balaban J connectivity index is 2.59. The van der Waals surface area contributed by atoms with E-state index in [0.717, 1.165) is 6.07 Å². The molecule has 0 saturated heterocycles. The van der Waals surface area contributed by atoms with Crippen molar-refractivity contribution in [3.05, 3.63) is 72.7 Å². The molecule has 0 bridgehead atoms. The van der Waals surface area contributed by atoms with E-state index >= 15 is 0 Å². The van der Waals surface area contributed by atoms with E-state index in [9.17, 15) is 26.3 Å². The average molecular weight is 346 g/mol. The molecule has 0 spiro atoms. The third-order valence-electron chi connectivity index (χ3n) is 2.75. The number of hydrogen-bond donors (Lipinski definition) is 0. The molecule has 0 radical (unpaired) electrons. The van der Waals surface area contributed by atoms with Crippen LogP contribution >= 0.6 is 0 Å². The van der Waals surface area contributed by atoms with E-state index in [2.05, 4.69) is 9.47 Å². The summed E-state index contributed by atoms with van der Waals surface area (Å²) in [4.78, 5) is 0. The summed E-state index contributed by atoms with van der Waals surface area (Å²) >= 11 is 0. The van der Waals surface area contributed by atoms with E-state index in [1.54, 1.807) is 18.2 Å². The first-order chi connectivity index (χ1) is 11.4. The van der Waals surface area contributed by atoms with Gasteiger partial charge in [-0.3, -0.25) is 0 Å². The molecule has 0 aliphatic rings. The molecular formula is C16H8F6O2. The van der Waals surface area contributed by atoms with Crippen molar-refractivity contribution >= 4 is 0 Å². The van der Waals surface area contributed by atoms with Crippen molar-refractivity contribution in [2.45, 2.75) is 0 Å². The van der Waals surface area contributed by atoms with Gasteiger partial charge in [-0.25, -0.2) is 0 Å². The molecule has 8 heteroatoms. The predicted molar refractivity (Wildman–Crippen MR) is 73.8 cm³/mol. The fourth-order valence-corrected chi connectivity index (χ4v) is 1.81. The molecule has 2 rings (SSSR count). The minimum absolute atomic E-state index is 0.0385. The first kappa shape index (κ1) is 17.5. The fourth-order valence-electron chi connectivity index (χ4n) is 1.81. The highest BCUT2D eigenvalue weighted by molar-refractivity contribution is 5.74. The summed E-state index contributed by atoms with van der Waals surface area (Å²) in [6.45, 7) is 0. The monoisotopic (exact) mass is 346 g/mol. The summed E-state index contributed by atoms with van der Waals surface area (Å²) in [6, 6.07) is 6.98. The summed E-state index contributed by atoms with van der Waals surface area (Å²) in [5.74, 6) is -1.37. The third-order valence-corrected chi connectivity index (χ3v) is 2.75. The van der Waals surface area contributed by atoms with E-state index in [-0.39, 0.29) is 5.56 Å². The van der Waals surface area contributed by atoms with Gasteiger partial charge >= 0.3 is 24.2 Å². The zero-order chi connectivity index (χ0) is 17.7. The number of para-hydroxylation sites is 1. The molecule has 2 aromatic rings. The van der Waals surface area contributed by atoms with Gasteiger partial charge in [0.15, 0.2) is 11.5 Å². The molecule has 0 fully saturated rings. The molecule has 2 aromatic carbocycles. The first-order valence-electron chi connectivity index (χ1n) is 6.36. The van der Waals surface area contributed by atoms with Crippen molar-refractivity contribution < 1.29 is 35.8 Å². The maximum absolute atomic E-state index is 13.2. The second-order valence-electron chi connectivity index (χ2n) is 4.27. The largest absolute Gasteiger partial charge is 0.424 e. The Morgan fingerprint density at radius 1 is 0.625 bits per heavy atom. The Labute approximate surface area is 132 Å². The zero-order valence-electron chi connectivity index (χ0n) is 11.7. The number of benzene rings is 2. The predicted octanol–water partition coefficient (Wildman–Crippen LogP) is 6.18. The van der Waals surface area contributed by atoms with Gasteiger partial charge in [0.05, 0.1) is 0 Å². The standard InChI is InChI=1S/C16H8F6O2/c17-13(18)15(21)23-11-8-4-7-10(9-5-2-1-3-6-9)12(11)24-16(22)14(19)20/h1-8H. The van der Waals surface area contributed by atoms with Crippen LogP contribution in [0.15, 0.2) is 72.7 Å². The smallest absolute Gasteiger partial charge is 0.344 e. The Morgan fingerprint density at radius 3 is 1.79 bits per heavy atom. The van der Waals surface area contributed by atoms with E-state index < -0.39 is 35.7 Å². The van der Waals surface area contributed by atoms with E-state index in [4.69, 9.17) is 0 Å². The third kappa shape index (κ3) is 4.09. The first-order valence-corrected chi connectivity index (χ1v) is 6.36. The van der Waals surface area contributed by atoms with E-state index in [0.29, 0.717) is 5.56 Å². The molecule has 0 aromatic heterocycles. The normalized spacial score (nSPS) is 10.1. The topological polar surface area (TPSA) is 18.5 Å². The van der Waals surface area contributed by atoms with Crippen LogP contribution in [0.2, 0.25) is 0 Å². The molecule has 0 heterocycles. The van der Waals surface area contributed by atoms with Gasteiger partial charge < -0.3 is 9.47 Å². The molecule has 0 saturated carbocycles. The van der Waals surface area contributed by atoms with Crippen molar-refractivity contribution in [3.8, 4) is 22.6 Å². The number of rotatable bonds is 5. The van der Waals surface area contributed by atoms with Crippen LogP contribution in [0, 0.1) is 0 Å². The van der Waals surface area contributed by atoms with Crippen LogP contribution in [0.1, 0.15) is 0 Å². The zero-order valence-corrected chi connectivity index (χ0v) is 11.7. The van der Waals surface area contributed by atoms with Gasteiger partial charge in [0, 0.05) is 5.56 Å². The fraction of sp³-hybridized carbons (Fsp3) is 0. The second kappa shape index (κ2) is 7.58. The van der Waals surface area contributed by atoms with Gasteiger partial charge in [-0.05, 0) is 11.6 Å². The van der Waals surface area contributed by atoms with Crippen LogP contribution in [0.5, 0.6) is 11.5 Å². The summed E-state index contributed by atoms with van der Waals surface area (Å²) in [5.41, 5.74) is 0.423. The number of halogens is 6. The van der Waals surface area contributed by atoms with Crippen molar-refractivity contribution in [2.24, 2.45) is 0 Å². The van der Waals surface area contributed by atoms with E-state index in [1.165, 1.54) is 24.3 Å². The highest BCUT2D eigenvalue weighted by atomic mass is 19.3. The minimum Gasteiger partial charge on any atom is -0.424 e. The van der Waals surface area contributed by atoms with Crippen molar-refractivity contribution in [1.29, 1.82) is 0 Å². The second-order valence-corrected chi connectivity index (χ2v) is 4.27. The van der Waals surface area contributed by atoms with Gasteiger partial charge in [-0.15, -0.1) is 0 Å². The maximum atomic E-state index is 13.2. The Morgan fingerprint density at radius 2 is 1.21 bits per heavy atom.